The molecule has 26 heavy (non-hydrogen) atoms. The molecule has 6 heteroatoms. The molecule has 0 saturated carbocycles. The molecule has 1 fully saturated rings. The molecular formula is C20H25N3O2S. The van der Waals surface area contributed by atoms with Crippen LogP contribution in [0.15, 0.2) is 29.6 Å². The lowest BCUT2D eigenvalue weighted by Gasteiger charge is -2.22. The summed E-state index contributed by atoms with van der Waals surface area (Å²) in [7, 11) is 0. The largest absolute Gasteiger partial charge is 0.325 e. The van der Waals surface area contributed by atoms with Gasteiger partial charge < -0.3 is 5.32 Å². The maximum atomic E-state index is 12.8. The molecule has 2 heterocycles. The summed E-state index contributed by atoms with van der Waals surface area (Å²) in [5.74, 6) is 0.328. The number of carbonyl (C=O) groups is 2. The minimum atomic E-state index is -0.808. The van der Waals surface area contributed by atoms with Crippen LogP contribution < -0.4 is 5.32 Å². The molecule has 0 aliphatic carbocycles. The summed E-state index contributed by atoms with van der Waals surface area (Å²) in [5, 5.41) is 5.68. The summed E-state index contributed by atoms with van der Waals surface area (Å²) in [6.07, 6.45) is 1.54. The van der Waals surface area contributed by atoms with Crippen LogP contribution in [0, 0.1) is 12.8 Å². The van der Waals surface area contributed by atoms with E-state index in [0.29, 0.717) is 12.3 Å². The van der Waals surface area contributed by atoms with E-state index < -0.39 is 5.54 Å². The Hall–Kier alpha value is -2.21. The number of rotatable bonds is 6. The number of thiazole rings is 1. The van der Waals surface area contributed by atoms with Gasteiger partial charge in [-0.1, -0.05) is 43.7 Å². The molecule has 5 nitrogen and oxygen atoms in total. The fourth-order valence-electron chi connectivity index (χ4n) is 3.01. The quantitative estimate of drug-likeness (QED) is 0.767. The number of nitrogens with one attached hydrogen (secondary N) is 1. The second-order valence-corrected chi connectivity index (χ2v) is 8.45. The van der Waals surface area contributed by atoms with Gasteiger partial charge in [0.2, 0.25) is 0 Å². The zero-order chi connectivity index (χ0) is 18.9. The van der Waals surface area contributed by atoms with Gasteiger partial charge in [-0.3, -0.25) is 9.69 Å². The Morgan fingerprint density at radius 2 is 1.92 bits per heavy atom. The minimum absolute atomic E-state index is 0.159. The van der Waals surface area contributed by atoms with E-state index in [1.54, 1.807) is 0 Å². The Morgan fingerprint density at radius 1 is 1.23 bits per heavy atom. The highest BCUT2D eigenvalue weighted by Gasteiger charge is 2.47. The SMILES string of the molecule is Cc1ccc(-c2nc(CN3C(=O)N[C@@](C)(CCC(C)C)C3=O)cs2)cc1. The average molecular weight is 372 g/mol. The number of imide groups is 1. The number of nitrogens with zero attached hydrogens (tertiary/aromatic N) is 2. The van der Waals surface area contributed by atoms with Gasteiger partial charge in [0, 0.05) is 10.9 Å². The molecule has 3 rings (SSSR count). The highest BCUT2D eigenvalue weighted by molar-refractivity contribution is 7.13. The van der Waals surface area contributed by atoms with Crippen LogP contribution in [0.4, 0.5) is 4.79 Å². The van der Waals surface area contributed by atoms with Gasteiger partial charge >= 0.3 is 6.03 Å². The normalized spacial score (nSPS) is 20.1. The highest BCUT2D eigenvalue weighted by atomic mass is 32.1. The number of aryl methyl sites for hydroxylation is 1. The number of hydrogen-bond acceptors (Lipinski definition) is 4. The van der Waals surface area contributed by atoms with E-state index in [9.17, 15) is 9.59 Å². The second kappa shape index (κ2) is 7.19. The molecule has 138 valence electrons. The summed E-state index contributed by atoms with van der Waals surface area (Å²) >= 11 is 1.53. The van der Waals surface area contributed by atoms with Crippen LogP contribution in [0.5, 0.6) is 0 Å². The molecular weight excluding hydrogens is 346 g/mol. The predicted molar refractivity (Wildman–Crippen MR) is 104 cm³/mol. The van der Waals surface area contributed by atoms with Crippen molar-refractivity contribution in [3.63, 3.8) is 0 Å². The molecule has 0 radical (unpaired) electrons. The van der Waals surface area contributed by atoms with Crippen molar-refractivity contribution in [1.29, 1.82) is 0 Å². The standard InChI is InChI=1S/C20H25N3O2S/c1-13(2)9-10-20(4)18(24)23(19(25)22-20)11-16-12-26-17(21-16)15-7-5-14(3)6-8-15/h5-8,12-13H,9-11H2,1-4H3,(H,22,25)/t20-/m0/s1. The van der Waals surface area contributed by atoms with Gasteiger partial charge in [0.25, 0.3) is 5.91 Å². The van der Waals surface area contributed by atoms with Crippen LogP contribution in [0.1, 0.15) is 44.9 Å². The third kappa shape index (κ3) is 3.80. The number of carbonyl (C=O) groups excluding carboxylic acids is 2. The topological polar surface area (TPSA) is 62.3 Å². The second-order valence-electron chi connectivity index (χ2n) is 7.60. The Kier molecular flexibility index (Phi) is 5.14. The van der Waals surface area contributed by atoms with Crippen LogP contribution in [-0.4, -0.2) is 27.4 Å². The summed E-state index contributed by atoms with van der Waals surface area (Å²) in [5.41, 5.74) is 2.18. The van der Waals surface area contributed by atoms with Gasteiger partial charge in [0.1, 0.15) is 10.5 Å². The Bertz CT molecular complexity index is 813. The Morgan fingerprint density at radius 3 is 2.58 bits per heavy atom. The van der Waals surface area contributed by atoms with Crippen molar-refractivity contribution in [3.05, 3.63) is 40.9 Å². The van der Waals surface area contributed by atoms with Crippen molar-refractivity contribution in [1.82, 2.24) is 15.2 Å². The third-order valence-corrected chi connectivity index (χ3v) is 5.68. The van der Waals surface area contributed by atoms with Crippen LogP contribution in [0.2, 0.25) is 0 Å². The molecule has 1 aliphatic rings. The zero-order valence-corrected chi connectivity index (χ0v) is 16.5. The molecule has 1 aliphatic heterocycles. The zero-order valence-electron chi connectivity index (χ0n) is 15.7. The van der Waals surface area contributed by atoms with Crippen LogP contribution in [0.25, 0.3) is 10.6 Å². The lowest BCUT2D eigenvalue weighted by atomic mass is 9.92. The van der Waals surface area contributed by atoms with Gasteiger partial charge in [-0.05, 0) is 32.6 Å². The third-order valence-electron chi connectivity index (χ3n) is 4.74. The first-order valence-corrected chi connectivity index (χ1v) is 9.82. The number of hydrogen-bond donors (Lipinski definition) is 1. The van der Waals surface area contributed by atoms with Crippen LogP contribution in [-0.2, 0) is 11.3 Å². The first-order valence-electron chi connectivity index (χ1n) is 8.94. The summed E-state index contributed by atoms with van der Waals surface area (Å²) in [6.45, 7) is 8.30. The van der Waals surface area contributed by atoms with Gasteiger partial charge in [0.05, 0.1) is 12.2 Å². The van der Waals surface area contributed by atoms with Crippen LogP contribution in [0.3, 0.4) is 0 Å². The molecule has 0 bridgehead atoms. The molecule has 0 spiro atoms. The maximum Gasteiger partial charge on any atom is 0.325 e. The summed E-state index contributed by atoms with van der Waals surface area (Å²) in [4.78, 5) is 31.0. The maximum absolute atomic E-state index is 12.8. The summed E-state index contributed by atoms with van der Waals surface area (Å²) < 4.78 is 0. The van der Waals surface area contributed by atoms with Gasteiger partial charge in [-0.15, -0.1) is 11.3 Å². The van der Waals surface area contributed by atoms with E-state index in [2.05, 4.69) is 24.1 Å². The average Bonchev–Trinajstić information content (AvgIpc) is 3.13. The van der Waals surface area contributed by atoms with Crippen molar-refractivity contribution in [3.8, 4) is 10.6 Å². The van der Waals surface area contributed by atoms with E-state index in [4.69, 9.17) is 0 Å². The number of urea groups is 1. The smallest absolute Gasteiger partial charge is 0.323 e. The van der Waals surface area contributed by atoms with E-state index in [1.807, 2.05) is 43.5 Å². The van der Waals surface area contributed by atoms with E-state index in [1.165, 1.54) is 21.8 Å². The lowest BCUT2D eigenvalue weighted by Crippen LogP contribution is -2.44. The monoisotopic (exact) mass is 371 g/mol. The molecule has 1 N–H and O–H groups in total. The molecule has 1 saturated heterocycles. The van der Waals surface area contributed by atoms with Crippen molar-refractivity contribution >= 4 is 23.3 Å². The van der Waals surface area contributed by atoms with Crippen molar-refractivity contribution in [2.75, 3.05) is 0 Å². The lowest BCUT2D eigenvalue weighted by molar-refractivity contribution is -0.131. The molecule has 1 aromatic carbocycles. The molecule has 2 aromatic rings. The molecule has 1 aromatic heterocycles. The van der Waals surface area contributed by atoms with Gasteiger partial charge in [-0.25, -0.2) is 9.78 Å². The molecule has 3 amide bonds. The van der Waals surface area contributed by atoms with Crippen molar-refractivity contribution < 1.29 is 9.59 Å². The highest BCUT2D eigenvalue weighted by Crippen LogP contribution is 2.28. The number of benzene rings is 1. The summed E-state index contributed by atoms with van der Waals surface area (Å²) in [6, 6.07) is 7.84. The number of amides is 3. The predicted octanol–water partition coefficient (Wildman–Crippen LogP) is 4.37. The van der Waals surface area contributed by atoms with Crippen molar-refractivity contribution in [2.45, 2.75) is 52.6 Å². The Labute approximate surface area is 158 Å². The fraction of sp³-hybridized carbons (Fsp3) is 0.450. The molecule has 1 atom stereocenters. The van der Waals surface area contributed by atoms with E-state index in [0.717, 1.165) is 22.7 Å². The van der Waals surface area contributed by atoms with Crippen LogP contribution >= 0.6 is 11.3 Å². The Balaban J connectivity index is 1.72. The van der Waals surface area contributed by atoms with E-state index >= 15 is 0 Å². The molecule has 0 unspecified atom stereocenters. The van der Waals surface area contributed by atoms with Crippen molar-refractivity contribution in [2.24, 2.45) is 5.92 Å². The first kappa shape index (κ1) is 18.6. The van der Waals surface area contributed by atoms with Gasteiger partial charge in [0.15, 0.2) is 0 Å². The first-order chi connectivity index (χ1) is 12.3. The van der Waals surface area contributed by atoms with Gasteiger partial charge in [-0.2, -0.15) is 0 Å². The minimum Gasteiger partial charge on any atom is -0.323 e. The van der Waals surface area contributed by atoms with E-state index in [-0.39, 0.29) is 18.5 Å². The number of aromatic nitrogens is 1. The fourth-order valence-corrected chi connectivity index (χ4v) is 3.82.